The van der Waals surface area contributed by atoms with Crippen LogP contribution in [0.15, 0.2) is 12.1 Å². The Morgan fingerprint density at radius 1 is 1.29 bits per heavy atom. The Bertz CT molecular complexity index is 418. The highest BCUT2D eigenvalue weighted by Crippen LogP contribution is 2.34. The van der Waals surface area contributed by atoms with Crippen molar-refractivity contribution in [1.29, 1.82) is 0 Å². The third-order valence-electron chi connectivity index (χ3n) is 1.66. The summed E-state index contributed by atoms with van der Waals surface area (Å²) >= 11 is 11.4. The zero-order valence-corrected chi connectivity index (χ0v) is 11.2. The fourth-order valence-corrected chi connectivity index (χ4v) is 1.55. The number of halogens is 2. The second-order valence-corrected chi connectivity index (χ2v) is 5.23. The first-order valence-corrected chi connectivity index (χ1v) is 5.62. The molecule has 0 atom stereocenters. The zero-order chi connectivity index (χ0) is 13.2. The largest absolute Gasteiger partial charge is 0.505 e. The Morgan fingerprint density at radius 2 is 1.76 bits per heavy atom. The average Bonchev–Trinajstić information content (AvgIpc) is 2.10. The van der Waals surface area contributed by atoms with E-state index >= 15 is 0 Å². The summed E-state index contributed by atoms with van der Waals surface area (Å²) in [7, 11) is 0. The molecule has 1 amide bonds. The molecule has 0 saturated carbocycles. The Kier molecular flexibility index (Phi) is 4.11. The van der Waals surface area contributed by atoms with E-state index < -0.39 is 11.7 Å². The van der Waals surface area contributed by atoms with Gasteiger partial charge in [0.2, 0.25) is 0 Å². The van der Waals surface area contributed by atoms with E-state index in [2.05, 4.69) is 5.32 Å². The lowest BCUT2D eigenvalue weighted by Crippen LogP contribution is -2.27. The normalized spacial score (nSPS) is 11.1. The highest BCUT2D eigenvalue weighted by molar-refractivity contribution is 6.37. The molecule has 0 spiro atoms. The van der Waals surface area contributed by atoms with Gasteiger partial charge in [0.1, 0.15) is 5.60 Å². The molecule has 94 valence electrons. The summed E-state index contributed by atoms with van der Waals surface area (Å²) in [5.41, 5.74) is -0.235. The number of hydrogen-bond acceptors (Lipinski definition) is 3. The van der Waals surface area contributed by atoms with Crippen molar-refractivity contribution in [1.82, 2.24) is 0 Å². The van der Waals surface area contributed by atoms with Crippen molar-refractivity contribution in [3.63, 3.8) is 0 Å². The first-order valence-electron chi connectivity index (χ1n) is 4.87. The van der Waals surface area contributed by atoms with Crippen LogP contribution in [0.1, 0.15) is 20.8 Å². The van der Waals surface area contributed by atoms with E-state index in [0.717, 1.165) is 0 Å². The number of benzene rings is 1. The monoisotopic (exact) mass is 277 g/mol. The van der Waals surface area contributed by atoms with Crippen LogP contribution in [0.3, 0.4) is 0 Å². The van der Waals surface area contributed by atoms with Crippen molar-refractivity contribution in [2.24, 2.45) is 0 Å². The third kappa shape index (κ3) is 4.32. The number of phenolic OH excluding ortho intramolecular Hbond substituents is 1. The summed E-state index contributed by atoms with van der Waals surface area (Å²) < 4.78 is 5.05. The second-order valence-electron chi connectivity index (χ2n) is 4.42. The number of carbonyl (C=O) groups excluding carboxylic acids is 1. The van der Waals surface area contributed by atoms with E-state index in [1.807, 2.05) is 0 Å². The molecule has 0 aliphatic carbocycles. The highest BCUT2D eigenvalue weighted by Gasteiger charge is 2.17. The maximum atomic E-state index is 11.5. The lowest BCUT2D eigenvalue weighted by molar-refractivity contribution is 0.0636. The second kappa shape index (κ2) is 5.02. The molecular weight excluding hydrogens is 265 g/mol. The summed E-state index contributed by atoms with van der Waals surface area (Å²) in [6, 6.07) is 2.76. The van der Waals surface area contributed by atoms with Gasteiger partial charge in [-0.25, -0.2) is 4.79 Å². The molecule has 0 bridgehead atoms. The minimum absolute atomic E-state index is 0.0589. The Hall–Kier alpha value is -1.13. The molecule has 0 heterocycles. The van der Waals surface area contributed by atoms with Gasteiger partial charge < -0.3 is 9.84 Å². The van der Waals surface area contributed by atoms with E-state index in [9.17, 15) is 9.90 Å². The van der Waals surface area contributed by atoms with Crippen molar-refractivity contribution in [2.45, 2.75) is 26.4 Å². The molecule has 0 radical (unpaired) electrons. The number of aromatic hydroxyl groups is 1. The smallest absolute Gasteiger partial charge is 0.412 e. The van der Waals surface area contributed by atoms with E-state index in [4.69, 9.17) is 27.9 Å². The quantitative estimate of drug-likeness (QED) is 0.762. The zero-order valence-electron chi connectivity index (χ0n) is 9.67. The molecular formula is C11H13Cl2NO3. The van der Waals surface area contributed by atoms with Crippen molar-refractivity contribution in [2.75, 3.05) is 5.32 Å². The number of nitrogens with one attached hydrogen (secondary N) is 1. The predicted molar refractivity (Wildman–Crippen MR) is 68.0 cm³/mol. The molecule has 17 heavy (non-hydrogen) atoms. The van der Waals surface area contributed by atoms with Crippen molar-refractivity contribution in [3.8, 4) is 5.75 Å². The maximum absolute atomic E-state index is 11.5. The maximum Gasteiger partial charge on any atom is 0.412 e. The molecule has 1 rings (SSSR count). The molecule has 1 aromatic rings. The third-order valence-corrected chi connectivity index (χ3v) is 2.24. The predicted octanol–water partition coefficient (Wildman–Crippen LogP) is 4.05. The number of phenols is 1. The van der Waals surface area contributed by atoms with Crippen LogP contribution in [0.5, 0.6) is 5.75 Å². The lowest BCUT2D eigenvalue weighted by Gasteiger charge is -2.19. The van der Waals surface area contributed by atoms with Crippen LogP contribution in [-0.4, -0.2) is 16.8 Å². The van der Waals surface area contributed by atoms with Crippen molar-refractivity contribution in [3.05, 3.63) is 22.2 Å². The molecule has 0 fully saturated rings. The van der Waals surface area contributed by atoms with Crippen molar-refractivity contribution >= 4 is 35.0 Å². The molecule has 0 aliphatic heterocycles. The molecule has 0 aromatic heterocycles. The van der Waals surface area contributed by atoms with E-state index in [1.165, 1.54) is 12.1 Å². The number of amides is 1. The number of ether oxygens (including phenoxy) is 1. The lowest BCUT2D eigenvalue weighted by atomic mass is 10.2. The Morgan fingerprint density at radius 3 is 2.18 bits per heavy atom. The van der Waals surface area contributed by atoms with Gasteiger partial charge in [-0.15, -0.1) is 0 Å². The van der Waals surface area contributed by atoms with Crippen LogP contribution in [0.25, 0.3) is 0 Å². The minimum atomic E-state index is -0.615. The molecule has 0 aliphatic rings. The summed E-state index contributed by atoms with van der Waals surface area (Å²) in [5.74, 6) is -0.219. The van der Waals surface area contributed by atoms with Gasteiger partial charge in [0.15, 0.2) is 5.75 Å². The molecule has 6 heteroatoms. The first-order chi connectivity index (χ1) is 7.69. The van der Waals surface area contributed by atoms with Crippen LogP contribution < -0.4 is 5.32 Å². The van der Waals surface area contributed by atoms with Crippen LogP contribution in [-0.2, 0) is 4.74 Å². The van der Waals surface area contributed by atoms with Gasteiger partial charge in [-0.2, -0.15) is 0 Å². The van der Waals surface area contributed by atoms with E-state index in [0.29, 0.717) is 5.69 Å². The van der Waals surface area contributed by atoms with E-state index in [1.54, 1.807) is 20.8 Å². The van der Waals surface area contributed by atoms with Crippen molar-refractivity contribution < 1.29 is 14.6 Å². The number of anilines is 1. The van der Waals surface area contributed by atoms with Gasteiger partial charge in [0.25, 0.3) is 0 Å². The summed E-state index contributed by atoms with van der Waals surface area (Å²) in [6.07, 6.45) is -0.615. The number of hydrogen-bond donors (Lipinski definition) is 2. The van der Waals surface area contributed by atoms with Gasteiger partial charge >= 0.3 is 6.09 Å². The fourth-order valence-electron chi connectivity index (χ4n) is 1.06. The number of carbonyl (C=O) groups is 1. The molecule has 4 nitrogen and oxygen atoms in total. The molecule has 2 N–H and O–H groups in total. The molecule has 0 saturated heterocycles. The van der Waals surface area contributed by atoms with Gasteiger partial charge in [-0.05, 0) is 32.9 Å². The summed E-state index contributed by atoms with van der Waals surface area (Å²) in [4.78, 5) is 11.5. The van der Waals surface area contributed by atoms with Gasteiger partial charge in [-0.3, -0.25) is 5.32 Å². The van der Waals surface area contributed by atoms with Crippen LogP contribution >= 0.6 is 23.2 Å². The standard InChI is InChI=1S/C11H13Cl2NO3/c1-11(2,3)17-10(16)14-6-4-7(12)9(15)8(13)5-6/h4-5,15H,1-3H3,(H,14,16). The molecule has 1 aromatic carbocycles. The Balaban J connectivity index is 2.79. The van der Waals surface area contributed by atoms with Crippen LogP contribution in [0.4, 0.5) is 10.5 Å². The molecule has 0 unspecified atom stereocenters. The van der Waals surface area contributed by atoms with Crippen LogP contribution in [0, 0.1) is 0 Å². The van der Waals surface area contributed by atoms with Gasteiger partial charge in [-0.1, -0.05) is 23.2 Å². The fraction of sp³-hybridized carbons (Fsp3) is 0.364. The van der Waals surface area contributed by atoms with Gasteiger partial charge in [0, 0.05) is 5.69 Å². The minimum Gasteiger partial charge on any atom is -0.505 e. The van der Waals surface area contributed by atoms with E-state index in [-0.39, 0.29) is 15.8 Å². The first kappa shape index (κ1) is 13.9. The topological polar surface area (TPSA) is 58.6 Å². The van der Waals surface area contributed by atoms with Crippen LogP contribution in [0.2, 0.25) is 10.0 Å². The SMILES string of the molecule is CC(C)(C)OC(=O)Nc1cc(Cl)c(O)c(Cl)c1. The number of rotatable bonds is 1. The summed E-state index contributed by atoms with van der Waals surface area (Å²) in [6.45, 7) is 5.26. The summed E-state index contributed by atoms with van der Waals surface area (Å²) in [5, 5.41) is 11.9. The highest BCUT2D eigenvalue weighted by atomic mass is 35.5. The average molecular weight is 278 g/mol. The Labute approximate surface area is 109 Å². The van der Waals surface area contributed by atoms with Gasteiger partial charge in [0.05, 0.1) is 10.0 Å².